The third-order valence-electron chi connectivity index (χ3n) is 2.46. The summed E-state index contributed by atoms with van der Waals surface area (Å²) in [6, 6.07) is 6.76. The van der Waals surface area contributed by atoms with Gasteiger partial charge in [-0.1, -0.05) is 6.07 Å². The molecule has 2 rings (SSSR count). The highest BCUT2D eigenvalue weighted by Crippen LogP contribution is 2.24. The topological polar surface area (TPSA) is 82.2 Å². The zero-order valence-electron chi connectivity index (χ0n) is 10.2. The summed E-state index contributed by atoms with van der Waals surface area (Å²) in [5.74, 6) is 0.555. The fourth-order valence-corrected chi connectivity index (χ4v) is 1.62. The number of nitrogens with zero attached hydrogens (tertiary/aromatic N) is 2. The van der Waals surface area contributed by atoms with Crippen LogP contribution in [-0.2, 0) is 7.05 Å². The number of hydrogen-bond donors (Lipinski definition) is 2. The quantitative estimate of drug-likeness (QED) is 0.799. The van der Waals surface area contributed by atoms with Gasteiger partial charge in [-0.15, -0.1) is 0 Å². The van der Waals surface area contributed by atoms with Gasteiger partial charge in [-0.25, -0.2) is 0 Å². The number of carbonyl (C=O) groups is 1. The van der Waals surface area contributed by atoms with Crippen molar-refractivity contribution in [3.05, 3.63) is 36.0 Å². The van der Waals surface area contributed by atoms with E-state index < -0.39 is 0 Å². The lowest BCUT2D eigenvalue weighted by molar-refractivity contribution is 0.102. The Morgan fingerprint density at radius 3 is 2.83 bits per heavy atom. The van der Waals surface area contributed by atoms with Gasteiger partial charge in [0.1, 0.15) is 11.3 Å². The third kappa shape index (κ3) is 2.27. The predicted octanol–water partition coefficient (Wildman–Crippen LogP) is 1.26. The Bertz CT molecular complexity index is 577. The number of amides is 1. The van der Waals surface area contributed by atoms with Gasteiger partial charge in [0.2, 0.25) is 0 Å². The molecular formula is C12H14N4O2. The van der Waals surface area contributed by atoms with Crippen LogP contribution in [0.4, 0.5) is 11.5 Å². The average Bonchev–Trinajstić information content (AvgIpc) is 2.74. The highest BCUT2D eigenvalue weighted by molar-refractivity contribution is 6.09. The van der Waals surface area contributed by atoms with E-state index in [4.69, 9.17) is 10.5 Å². The van der Waals surface area contributed by atoms with Crippen LogP contribution in [-0.4, -0.2) is 22.8 Å². The van der Waals surface area contributed by atoms with Crippen LogP contribution in [0.2, 0.25) is 0 Å². The van der Waals surface area contributed by atoms with Gasteiger partial charge < -0.3 is 15.8 Å². The summed E-state index contributed by atoms with van der Waals surface area (Å²) in [6.45, 7) is 0. The molecule has 2 aromatic rings. The van der Waals surface area contributed by atoms with E-state index in [2.05, 4.69) is 10.4 Å². The smallest absolute Gasteiger partial charge is 0.262 e. The molecule has 6 heteroatoms. The first kappa shape index (κ1) is 12.0. The number of methoxy groups -OCH3 is 1. The lowest BCUT2D eigenvalue weighted by Gasteiger charge is -2.10. The molecule has 0 atom stereocenters. The molecule has 94 valence electrons. The molecule has 0 spiro atoms. The summed E-state index contributed by atoms with van der Waals surface area (Å²) < 4.78 is 6.72. The van der Waals surface area contributed by atoms with E-state index in [1.54, 1.807) is 42.2 Å². The molecule has 0 saturated carbocycles. The summed E-state index contributed by atoms with van der Waals surface area (Å²) in [6.07, 6.45) is 1.74. The number of hydrogen-bond acceptors (Lipinski definition) is 4. The van der Waals surface area contributed by atoms with E-state index in [0.29, 0.717) is 22.8 Å². The van der Waals surface area contributed by atoms with Gasteiger partial charge in [0, 0.05) is 25.0 Å². The van der Waals surface area contributed by atoms with E-state index in [0.717, 1.165) is 0 Å². The van der Waals surface area contributed by atoms with Crippen molar-refractivity contribution >= 4 is 17.4 Å². The van der Waals surface area contributed by atoms with E-state index in [9.17, 15) is 4.79 Å². The Hall–Kier alpha value is -2.50. The lowest BCUT2D eigenvalue weighted by atomic mass is 10.1. The minimum absolute atomic E-state index is 0.311. The SMILES string of the molecule is COc1cccc(N)c1C(=O)Nc1ccn(C)n1. The fraction of sp³-hybridized carbons (Fsp3) is 0.167. The molecular weight excluding hydrogens is 232 g/mol. The number of nitrogens with one attached hydrogen (secondary N) is 1. The summed E-state index contributed by atoms with van der Waals surface area (Å²) in [5.41, 5.74) is 6.46. The van der Waals surface area contributed by atoms with Crippen molar-refractivity contribution in [3.63, 3.8) is 0 Å². The summed E-state index contributed by atoms with van der Waals surface area (Å²) >= 11 is 0. The molecule has 6 nitrogen and oxygen atoms in total. The standard InChI is InChI=1S/C12H14N4O2/c1-16-7-6-10(15-16)14-12(17)11-8(13)4-3-5-9(11)18-2/h3-7H,13H2,1-2H3,(H,14,15,17). The Morgan fingerprint density at radius 2 is 2.22 bits per heavy atom. The highest BCUT2D eigenvalue weighted by atomic mass is 16.5. The predicted molar refractivity (Wildman–Crippen MR) is 68.6 cm³/mol. The summed E-state index contributed by atoms with van der Waals surface area (Å²) in [4.78, 5) is 12.1. The monoisotopic (exact) mass is 246 g/mol. The minimum Gasteiger partial charge on any atom is -0.496 e. The Kier molecular flexibility index (Phi) is 3.18. The van der Waals surface area contributed by atoms with Crippen LogP contribution in [0.25, 0.3) is 0 Å². The van der Waals surface area contributed by atoms with Crippen LogP contribution in [0, 0.1) is 0 Å². The Balaban J connectivity index is 2.28. The van der Waals surface area contributed by atoms with Crippen molar-refractivity contribution in [3.8, 4) is 5.75 Å². The van der Waals surface area contributed by atoms with Crippen molar-refractivity contribution < 1.29 is 9.53 Å². The third-order valence-corrected chi connectivity index (χ3v) is 2.46. The molecule has 0 fully saturated rings. The number of nitrogen functional groups attached to an aromatic ring is 1. The lowest BCUT2D eigenvalue weighted by Crippen LogP contribution is -2.15. The fourth-order valence-electron chi connectivity index (χ4n) is 1.62. The normalized spacial score (nSPS) is 10.1. The highest BCUT2D eigenvalue weighted by Gasteiger charge is 2.16. The Labute approximate surface area is 104 Å². The van der Waals surface area contributed by atoms with Gasteiger partial charge in [0.05, 0.1) is 7.11 Å². The number of ether oxygens (including phenoxy) is 1. The molecule has 0 radical (unpaired) electrons. The molecule has 0 aliphatic heterocycles. The zero-order valence-corrected chi connectivity index (χ0v) is 10.2. The molecule has 1 aromatic carbocycles. The second-order valence-electron chi connectivity index (χ2n) is 3.75. The molecule has 0 aliphatic rings. The second kappa shape index (κ2) is 4.79. The van der Waals surface area contributed by atoms with E-state index in [1.165, 1.54) is 7.11 Å². The van der Waals surface area contributed by atoms with Gasteiger partial charge in [0.15, 0.2) is 5.82 Å². The number of rotatable bonds is 3. The molecule has 3 N–H and O–H groups in total. The number of aryl methyl sites for hydroxylation is 1. The zero-order chi connectivity index (χ0) is 13.1. The first-order chi connectivity index (χ1) is 8.61. The number of aromatic nitrogens is 2. The van der Waals surface area contributed by atoms with Gasteiger partial charge in [-0.2, -0.15) is 5.10 Å². The van der Waals surface area contributed by atoms with Gasteiger partial charge in [-0.3, -0.25) is 9.48 Å². The van der Waals surface area contributed by atoms with E-state index >= 15 is 0 Å². The van der Waals surface area contributed by atoms with E-state index in [-0.39, 0.29) is 5.91 Å². The van der Waals surface area contributed by atoms with Crippen molar-refractivity contribution in [1.82, 2.24) is 9.78 Å². The Morgan fingerprint density at radius 1 is 1.44 bits per heavy atom. The molecule has 0 bridgehead atoms. The maximum atomic E-state index is 12.1. The van der Waals surface area contributed by atoms with Crippen LogP contribution in [0.3, 0.4) is 0 Å². The molecule has 0 unspecified atom stereocenters. The maximum Gasteiger partial charge on any atom is 0.262 e. The minimum atomic E-state index is -0.344. The molecule has 1 amide bonds. The van der Waals surface area contributed by atoms with Crippen molar-refractivity contribution in [1.29, 1.82) is 0 Å². The van der Waals surface area contributed by atoms with Gasteiger partial charge >= 0.3 is 0 Å². The molecule has 1 heterocycles. The number of benzene rings is 1. The molecule has 18 heavy (non-hydrogen) atoms. The van der Waals surface area contributed by atoms with Crippen molar-refractivity contribution in [2.75, 3.05) is 18.2 Å². The van der Waals surface area contributed by atoms with Crippen LogP contribution >= 0.6 is 0 Å². The maximum absolute atomic E-state index is 12.1. The molecule has 1 aromatic heterocycles. The molecule has 0 aliphatic carbocycles. The first-order valence-corrected chi connectivity index (χ1v) is 5.35. The van der Waals surface area contributed by atoms with Crippen LogP contribution in [0.15, 0.2) is 30.5 Å². The number of carbonyl (C=O) groups excluding carboxylic acids is 1. The van der Waals surface area contributed by atoms with Crippen LogP contribution < -0.4 is 15.8 Å². The largest absolute Gasteiger partial charge is 0.496 e. The number of nitrogens with two attached hydrogens (primary N) is 1. The summed E-state index contributed by atoms with van der Waals surface area (Å²) in [5, 5.41) is 6.73. The first-order valence-electron chi connectivity index (χ1n) is 5.35. The number of anilines is 2. The van der Waals surface area contributed by atoms with E-state index in [1.807, 2.05) is 0 Å². The van der Waals surface area contributed by atoms with Crippen molar-refractivity contribution in [2.24, 2.45) is 7.05 Å². The average molecular weight is 246 g/mol. The van der Waals surface area contributed by atoms with Gasteiger partial charge in [-0.05, 0) is 12.1 Å². The van der Waals surface area contributed by atoms with Crippen LogP contribution in [0.5, 0.6) is 5.75 Å². The van der Waals surface area contributed by atoms with Gasteiger partial charge in [0.25, 0.3) is 5.91 Å². The summed E-state index contributed by atoms with van der Waals surface area (Å²) in [7, 11) is 3.26. The second-order valence-corrected chi connectivity index (χ2v) is 3.75. The van der Waals surface area contributed by atoms with Crippen molar-refractivity contribution in [2.45, 2.75) is 0 Å². The van der Waals surface area contributed by atoms with Crippen LogP contribution in [0.1, 0.15) is 10.4 Å². The molecule has 0 saturated heterocycles.